The van der Waals surface area contributed by atoms with E-state index in [1.165, 1.54) is 6.33 Å². The Hall–Kier alpha value is -3.38. The quantitative estimate of drug-likeness (QED) is 0.592. The van der Waals surface area contributed by atoms with Crippen LogP contribution in [0.4, 0.5) is 0 Å². The van der Waals surface area contributed by atoms with Crippen molar-refractivity contribution in [1.29, 1.82) is 0 Å². The van der Waals surface area contributed by atoms with Crippen molar-refractivity contribution in [2.24, 2.45) is 5.92 Å². The first kappa shape index (κ1) is 20.9. The van der Waals surface area contributed by atoms with Gasteiger partial charge in [-0.3, -0.25) is 14.5 Å². The third-order valence-electron chi connectivity index (χ3n) is 5.96. The van der Waals surface area contributed by atoms with Gasteiger partial charge in [-0.25, -0.2) is 9.97 Å². The van der Waals surface area contributed by atoms with Crippen molar-refractivity contribution >= 4 is 11.8 Å². The van der Waals surface area contributed by atoms with E-state index in [0.29, 0.717) is 37.9 Å². The molecule has 1 saturated heterocycles. The van der Waals surface area contributed by atoms with Gasteiger partial charge in [-0.1, -0.05) is 54.6 Å². The molecule has 0 aliphatic carbocycles. The molecule has 2 heterocycles. The Balaban J connectivity index is 1.55. The van der Waals surface area contributed by atoms with Gasteiger partial charge in [0.25, 0.3) is 0 Å². The fourth-order valence-corrected chi connectivity index (χ4v) is 4.15. The number of ketones is 1. The molecule has 2 aromatic carbocycles. The van der Waals surface area contributed by atoms with Crippen molar-refractivity contribution in [3.63, 3.8) is 0 Å². The molecule has 31 heavy (non-hydrogen) atoms. The molecule has 1 aromatic heterocycles. The van der Waals surface area contributed by atoms with E-state index >= 15 is 0 Å². The van der Waals surface area contributed by atoms with Crippen molar-refractivity contribution in [3.8, 4) is 11.1 Å². The number of rotatable bonds is 7. The van der Waals surface area contributed by atoms with Crippen LogP contribution in [0, 0.1) is 5.92 Å². The number of hydrogen-bond donors (Lipinski definition) is 1. The second-order valence-corrected chi connectivity index (χ2v) is 7.92. The Morgan fingerprint density at radius 3 is 2.19 bits per heavy atom. The number of aromatic nitrogens is 2. The summed E-state index contributed by atoms with van der Waals surface area (Å²) in [5.74, 6) is -1.00. The van der Waals surface area contributed by atoms with Gasteiger partial charge in [-0.05, 0) is 43.5 Å². The summed E-state index contributed by atoms with van der Waals surface area (Å²) in [5, 5.41) is 9.31. The lowest BCUT2D eigenvalue weighted by molar-refractivity contribution is -0.143. The molecule has 1 N–H and O–H groups in total. The Kier molecular flexibility index (Phi) is 6.48. The van der Waals surface area contributed by atoms with E-state index in [-0.39, 0.29) is 17.7 Å². The number of Topliss-reactive ketones (excluding diaryl/α,β-unsaturated/α-hetero) is 1. The first-order valence-corrected chi connectivity index (χ1v) is 10.5. The summed E-state index contributed by atoms with van der Waals surface area (Å²) in [6.07, 6.45) is 6.72. The van der Waals surface area contributed by atoms with Crippen molar-refractivity contribution in [3.05, 3.63) is 84.4 Å². The maximum atomic E-state index is 13.5. The Morgan fingerprint density at radius 1 is 0.935 bits per heavy atom. The minimum absolute atomic E-state index is 0.0634. The van der Waals surface area contributed by atoms with Crippen LogP contribution < -0.4 is 0 Å². The molecular formula is C25H25N3O3. The number of carboxylic acid groups (broad SMARTS) is 1. The van der Waals surface area contributed by atoms with E-state index in [1.807, 2.05) is 54.6 Å². The predicted molar refractivity (Wildman–Crippen MR) is 118 cm³/mol. The summed E-state index contributed by atoms with van der Waals surface area (Å²) in [6.45, 7) is 1.22. The summed E-state index contributed by atoms with van der Waals surface area (Å²) in [4.78, 5) is 35.1. The van der Waals surface area contributed by atoms with Crippen LogP contribution in [0.1, 0.15) is 28.8 Å². The molecule has 6 heteroatoms. The van der Waals surface area contributed by atoms with E-state index in [2.05, 4.69) is 14.9 Å². The SMILES string of the molecule is O=C(O)C1CCN(C(Cc2ccccc2)C(=O)c2ccc(-c3cncnc3)cc2)CC1. The maximum absolute atomic E-state index is 13.5. The molecule has 0 radical (unpaired) electrons. The van der Waals surface area contributed by atoms with Gasteiger partial charge in [0.15, 0.2) is 5.78 Å². The summed E-state index contributed by atoms with van der Waals surface area (Å²) >= 11 is 0. The average molecular weight is 415 g/mol. The van der Waals surface area contributed by atoms with Crippen LogP contribution in [0.3, 0.4) is 0 Å². The lowest BCUT2D eigenvalue weighted by atomic mass is 9.91. The van der Waals surface area contributed by atoms with Gasteiger partial charge >= 0.3 is 5.97 Å². The molecule has 6 nitrogen and oxygen atoms in total. The summed E-state index contributed by atoms with van der Waals surface area (Å²) in [6, 6.07) is 17.2. The first-order chi connectivity index (χ1) is 15.1. The van der Waals surface area contributed by atoms with Crippen molar-refractivity contribution in [2.45, 2.75) is 25.3 Å². The molecule has 0 amide bonds. The molecule has 0 bridgehead atoms. The first-order valence-electron chi connectivity index (χ1n) is 10.5. The van der Waals surface area contributed by atoms with Crippen molar-refractivity contribution in [1.82, 2.24) is 14.9 Å². The standard InChI is InChI=1S/C25H25N3O3/c29-24(20-8-6-19(7-9-20)22-15-26-17-27-16-22)23(14-18-4-2-1-3-5-18)28-12-10-21(11-13-28)25(30)31/h1-9,15-17,21,23H,10-14H2,(H,30,31). The highest BCUT2D eigenvalue weighted by molar-refractivity contribution is 6.00. The number of likely N-dealkylation sites (tertiary alicyclic amines) is 1. The predicted octanol–water partition coefficient (Wildman–Crippen LogP) is 3.73. The van der Waals surface area contributed by atoms with E-state index < -0.39 is 5.97 Å². The smallest absolute Gasteiger partial charge is 0.306 e. The third kappa shape index (κ3) is 5.03. The number of piperidine rings is 1. The van der Waals surface area contributed by atoms with Gasteiger partial charge < -0.3 is 5.11 Å². The molecule has 4 rings (SSSR count). The van der Waals surface area contributed by atoms with E-state index in [4.69, 9.17) is 0 Å². The van der Waals surface area contributed by atoms with Crippen LogP contribution in [-0.4, -0.2) is 50.9 Å². The maximum Gasteiger partial charge on any atom is 0.306 e. The van der Waals surface area contributed by atoms with E-state index in [1.54, 1.807) is 12.4 Å². The highest BCUT2D eigenvalue weighted by atomic mass is 16.4. The molecule has 1 aliphatic heterocycles. The van der Waals surface area contributed by atoms with Crippen LogP contribution in [-0.2, 0) is 11.2 Å². The number of aliphatic carboxylic acids is 1. The van der Waals surface area contributed by atoms with E-state index in [9.17, 15) is 14.7 Å². The van der Waals surface area contributed by atoms with Crippen molar-refractivity contribution in [2.75, 3.05) is 13.1 Å². The normalized spacial score (nSPS) is 16.0. The lowest BCUT2D eigenvalue weighted by Crippen LogP contribution is -2.47. The number of carbonyl (C=O) groups is 2. The number of carbonyl (C=O) groups excluding carboxylic acids is 1. The monoisotopic (exact) mass is 415 g/mol. The third-order valence-corrected chi connectivity index (χ3v) is 5.96. The van der Waals surface area contributed by atoms with Crippen LogP contribution >= 0.6 is 0 Å². The molecule has 1 unspecified atom stereocenters. The summed E-state index contributed by atoms with van der Waals surface area (Å²) in [7, 11) is 0. The highest BCUT2D eigenvalue weighted by Gasteiger charge is 2.32. The van der Waals surface area contributed by atoms with Gasteiger partial charge in [-0.15, -0.1) is 0 Å². The van der Waals surface area contributed by atoms with Gasteiger partial charge in [0, 0.05) is 23.5 Å². The number of benzene rings is 2. The minimum Gasteiger partial charge on any atom is -0.481 e. The molecule has 0 saturated carbocycles. The molecule has 1 atom stereocenters. The van der Waals surface area contributed by atoms with Gasteiger partial charge in [0.1, 0.15) is 6.33 Å². The topological polar surface area (TPSA) is 83.4 Å². The fourth-order valence-electron chi connectivity index (χ4n) is 4.15. The van der Waals surface area contributed by atoms with Crippen LogP contribution in [0.15, 0.2) is 73.3 Å². The lowest BCUT2D eigenvalue weighted by Gasteiger charge is -2.36. The zero-order valence-corrected chi connectivity index (χ0v) is 17.2. The van der Waals surface area contributed by atoms with Crippen LogP contribution in [0.5, 0.6) is 0 Å². The minimum atomic E-state index is -0.744. The molecule has 0 spiro atoms. The molecule has 158 valence electrons. The molecule has 3 aromatic rings. The van der Waals surface area contributed by atoms with Gasteiger partial charge in [0.2, 0.25) is 0 Å². The number of carboxylic acids is 1. The molecule has 1 aliphatic rings. The van der Waals surface area contributed by atoms with E-state index in [0.717, 1.165) is 16.7 Å². The Morgan fingerprint density at radius 2 is 1.58 bits per heavy atom. The second-order valence-electron chi connectivity index (χ2n) is 7.92. The fraction of sp³-hybridized carbons (Fsp3) is 0.280. The van der Waals surface area contributed by atoms with Crippen LogP contribution in [0.25, 0.3) is 11.1 Å². The highest BCUT2D eigenvalue weighted by Crippen LogP contribution is 2.24. The summed E-state index contributed by atoms with van der Waals surface area (Å²) in [5.41, 5.74) is 3.61. The Labute approximate surface area is 181 Å². The Bertz CT molecular complexity index is 1010. The largest absolute Gasteiger partial charge is 0.481 e. The average Bonchev–Trinajstić information content (AvgIpc) is 2.83. The zero-order valence-electron chi connectivity index (χ0n) is 17.2. The molecular weight excluding hydrogens is 390 g/mol. The summed E-state index contributed by atoms with van der Waals surface area (Å²) < 4.78 is 0. The number of hydrogen-bond acceptors (Lipinski definition) is 5. The van der Waals surface area contributed by atoms with Crippen molar-refractivity contribution < 1.29 is 14.7 Å². The zero-order chi connectivity index (χ0) is 21.6. The van der Waals surface area contributed by atoms with Crippen LogP contribution in [0.2, 0.25) is 0 Å². The van der Waals surface area contributed by atoms with Gasteiger partial charge in [0.05, 0.1) is 12.0 Å². The van der Waals surface area contributed by atoms with Gasteiger partial charge in [-0.2, -0.15) is 0 Å². The molecule has 1 fully saturated rings. The number of nitrogens with zero attached hydrogens (tertiary/aromatic N) is 3. The second kappa shape index (κ2) is 9.62.